The van der Waals surface area contributed by atoms with Crippen molar-refractivity contribution in [1.29, 1.82) is 0 Å². The lowest BCUT2D eigenvalue weighted by Gasteiger charge is -2.28. The quantitative estimate of drug-likeness (QED) is 0.565. The van der Waals surface area contributed by atoms with Gasteiger partial charge in [-0.2, -0.15) is 0 Å². The second kappa shape index (κ2) is 7.99. The lowest BCUT2D eigenvalue weighted by Crippen LogP contribution is -2.36. The molecule has 0 atom stereocenters. The number of methoxy groups -OCH3 is 3. The third kappa shape index (κ3) is 3.65. The molecule has 1 aliphatic heterocycles. The maximum atomic E-state index is 12.3. The normalized spacial score (nSPS) is 15.1. The molecule has 1 fully saturated rings. The number of ketones is 1. The average Bonchev–Trinajstić information content (AvgIpc) is 2.61. The van der Waals surface area contributed by atoms with Gasteiger partial charge in [-0.3, -0.25) is 9.69 Å². The molecule has 1 aliphatic rings. The minimum absolute atomic E-state index is 0.174. The molecule has 0 bridgehead atoms. The van der Waals surface area contributed by atoms with E-state index in [9.17, 15) is 4.79 Å². The lowest BCUT2D eigenvalue weighted by molar-refractivity contribution is 0.0337. The molecule has 0 unspecified atom stereocenters. The minimum Gasteiger partial charge on any atom is -0.493 e. The third-order valence-electron chi connectivity index (χ3n) is 3.87. The van der Waals surface area contributed by atoms with E-state index in [2.05, 4.69) is 11.5 Å². The molecular formula is C17H23NO5. The van der Waals surface area contributed by atoms with E-state index in [0.717, 1.165) is 18.7 Å². The van der Waals surface area contributed by atoms with Crippen molar-refractivity contribution >= 4 is 5.78 Å². The van der Waals surface area contributed by atoms with Gasteiger partial charge in [0.1, 0.15) is 0 Å². The molecule has 0 aliphatic carbocycles. The molecule has 1 aromatic carbocycles. The Labute approximate surface area is 136 Å². The molecule has 0 spiro atoms. The van der Waals surface area contributed by atoms with Crippen LogP contribution in [0, 0.1) is 0 Å². The zero-order valence-corrected chi connectivity index (χ0v) is 13.9. The van der Waals surface area contributed by atoms with Gasteiger partial charge in [0.2, 0.25) is 5.75 Å². The topological polar surface area (TPSA) is 57.2 Å². The Morgan fingerprint density at radius 1 is 1.22 bits per heavy atom. The Kier molecular flexibility index (Phi) is 6.01. The number of hydrogen-bond acceptors (Lipinski definition) is 6. The monoisotopic (exact) mass is 321 g/mol. The van der Waals surface area contributed by atoms with Crippen LogP contribution in [0.3, 0.4) is 0 Å². The van der Waals surface area contributed by atoms with Gasteiger partial charge in [0.15, 0.2) is 17.3 Å². The van der Waals surface area contributed by atoms with E-state index in [1.807, 2.05) is 0 Å². The van der Waals surface area contributed by atoms with Crippen LogP contribution in [-0.2, 0) is 11.3 Å². The van der Waals surface area contributed by atoms with Gasteiger partial charge in [0.25, 0.3) is 0 Å². The smallest absolute Gasteiger partial charge is 0.203 e. The first-order valence-corrected chi connectivity index (χ1v) is 7.45. The minimum atomic E-state index is -0.174. The Bertz CT molecular complexity index is 579. The highest BCUT2D eigenvalue weighted by Gasteiger charge is 2.25. The Morgan fingerprint density at radius 3 is 2.39 bits per heavy atom. The Hall–Kier alpha value is -2.05. The van der Waals surface area contributed by atoms with Gasteiger partial charge >= 0.3 is 0 Å². The molecule has 1 heterocycles. The number of rotatable bonds is 7. The number of carbonyl (C=O) groups is 1. The van der Waals surface area contributed by atoms with Crippen LogP contribution in [0.15, 0.2) is 18.7 Å². The number of ether oxygens (including phenoxy) is 4. The highest BCUT2D eigenvalue weighted by atomic mass is 16.5. The average molecular weight is 321 g/mol. The summed E-state index contributed by atoms with van der Waals surface area (Å²) in [6.07, 6.45) is 1.30. The lowest BCUT2D eigenvalue weighted by atomic mass is 10.00. The third-order valence-corrected chi connectivity index (χ3v) is 3.87. The van der Waals surface area contributed by atoms with Crippen molar-refractivity contribution in [2.75, 3.05) is 47.6 Å². The van der Waals surface area contributed by atoms with E-state index in [-0.39, 0.29) is 5.78 Å². The van der Waals surface area contributed by atoms with Crippen molar-refractivity contribution in [2.45, 2.75) is 6.54 Å². The first-order valence-electron chi connectivity index (χ1n) is 7.45. The van der Waals surface area contributed by atoms with Crippen LogP contribution in [0.2, 0.25) is 0 Å². The Morgan fingerprint density at radius 2 is 1.87 bits per heavy atom. The van der Waals surface area contributed by atoms with Crippen molar-refractivity contribution in [3.63, 3.8) is 0 Å². The molecule has 0 amide bonds. The zero-order chi connectivity index (χ0) is 16.8. The maximum Gasteiger partial charge on any atom is 0.203 e. The first kappa shape index (κ1) is 17.3. The summed E-state index contributed by atoms with van der Waals surface area (Å²) in [6, 6.07) is 1.68. The predicted molar refractivity (Wildman–Crippen MR) is 86.7 cm³/mol. The van der Waals surface area contributed by atoms with Gasteiger partial charge in [-0.25, -0.2) is 0 Å². The fourth-order valence-electron chi connectivity index (χ4n) is 2.69. The van der Waals surface area contributed by atoms with Crippen molar-refractivity contribution in [2.24, 2.45) is 0 Å². The summed E-state index contributed by atoms with van der Waals surface area (Å²) in [4.78, 5) is 14.5. The van der Waals surface area contributed by atoms with Crippen LogP contribution < -0.4 is 14.2 Å². The second-order valence-corrected chi connectivity index (χ2v) is 5.13. The molecule has 23 heavy (non-hydrogen) atoms. The van der Waals surface area contributed by atoms with Crippen LogP contribution in [0.4, 0.5) is 0 Å². The van der Waals surface area contributed by atoms with E-state index >= 15 is 0 Å². The van der Waals surface area contributed by atoms with Gasteiger partial charge in [0.05, 0.1) is 34.5 Å². The van der Waals surface area contributed by atoms with E-state index in [4.69, 9.17) is 18.9 Å². The highest BCUT2D eigenvalue weighted by Crippen LogP contribution is 2.42. The van der Waals surface area contributed by atoms with Crippen LogP contribution in [-0.4, -0.2) is 58.3 Å². The van der Waals surface area contributed by atoms with Crippen LogP contribution >= 0.6 is 0 Å². The standard InChI is InChI=1S/C17H23NO5/c1-5-14(19)12-10-15(20-2)17(22-4)16(21-3)13(12)11-18-6-8-23-9-7-18/h5,10H,1,6-9,11H2,2-4H3. The Balaban J connectivity index is 2.53. The number of benzene rings is 1. The van der Waals surface area contributed by atoms with Crippen LogP contribution in [0.5, 0.6) is 17.2 Å². The summed E-state index contributed by atoms with van der Waals surface area (Å²) in [6.45, 7) is 7.13. The molecule has 6 nitrogen and oxygen atoms in total. The molecule has 0 aromatic heterocycles. The maximum absolute atomic E-state index is 12.3. The fourth-order valence-corrected chi connectivity index (χ4v) is 2.69. The summed E-state index contributed by atoms with van der Waals surface area (Å²) >= 11 is 0. The SMILES string of the molecule is C=CC(=O)c1cc(OC)c(OC)c(OC)c1CN1CCOCC1. The summed E-state index contributed by atoms with van der Waals surface area (Å²) in [5, 5.41) is 0. The van der Waals surface area contributed by atoms with E-state index < -0.39 is 0 Å². The molecule has 2 rings (SSSR count). The first-order chi connectivity index (χ1) is 11.2. The summed E-state index contributed by atoms with van der Waals surface area (Å²) in [5.74, 6) is 1.29. The van der Waals surface area contributed by atoms with Gasteiger partial charge in [-0.1, -0.05) is 6.58 Å². The second-order valence-electron chi connectivity index (χ2n) is 5.13. The molecule has 0 saturated carbocycles. The van der Waals surface area contributed by atoms with Crippen LogP contribution in [0.1, 0.15) is 15.9 Å². The summed E-state index contributed by atoms with van der Waals surface area (Å²) in [7, 11) is 4.64. The van der Waals surface area contributed by atoms with Gasteiger partial charge in [-0.05, 0) is 12.1 Å². The molecule has 6 heteroatoms. The van der Waals surface area contributed by atoms with Gasteiger partial charge in [-0.15, -0.1) is 0 Å². The molecule has 1 saturated heterocycles. The van der Waals surface area contributed by atoms with Crippen LogP contribution in [0.25, 0.3) is 0 Å². The molecule has 0 radical (unpaired) electrons. The van der Waals surface area contributed by atoms with Gasteiger partial charge in [0, 0.05) is 30.8 Å². The van der Waals surface area contributed by atoms with Crippen molar-refractivity contribution in [3.05, 3.63) is 29.8 Å². The van der Waals surface area contributed by atoms with Gasteiger partial charge < -0.3 is 18.9 Å². The molecule has 126 valence electrons. The highest BCUT2D eigenvalue weighted by molar-refractivity contribution is 6.06. The summed E-state index contributed by atoms with van der Waals surface area (Å²) < 4.78 is 21.7. The number of carbonyl (C=O) groups excluding carboxylic acids is 1. The number of morpholine rings is 1. The summed E-state index contributed by atoms with van der Waals surface area (Å²) in [5.41, 5.74) is 1.29. The number of hydrogen-bond donors (Lipinski definition) is 0. The number of nitrogens with zero attached hydrogens (tertiary/aromatic N) is 1. The van der Waals surface area contributed by atoms with E-state index in [1.54, 1.807) is 20.3 Å². The van der Waals surface area contributed by atoms with Crippen molar-refractivity contribution < 1.29 is 23.7 Å². The molecule has 1 aromatic rings. The molecule has 0 N–H and O–H groups in total. The van der Waals surface area contributed by atoms with Crippen molar-refractivity contribution in [1.82, 2.24) is 4.90 Å². The number of allylic oxidation sites excluding steroid dienone is 1. The predicted octanol–water partition coefficient (Wildman–Crippen LogP) is 1.91. The zero-order valence-electron chi connectivity index (χ0n) is 13.9. The molecular weight excluding hydrogens is 298 g/mol. The largest absolute Gasteiger partial charge is 0.493 e. The van der Waals surface area contributed by atoms with E-state index in [1.165, 1.54) is 13.2 Å². The van der Waals surface area contributed by atoms with E-state index in [0.29, 0.717) is 42.6 Å². The van der Waals surface area contributed by atoms with Crippen molar-refractivity contribution in [3.8, 4) is 17.2 Å². The fraction of sp³-hybridized carbons (Fsp3) is 0.471.